The molecule has 0 bridgehead atoms. The number of aryl methyl sites for hydroxylation is 1. The molecule has 1 N–H and O–H groups in total. The highest BCUT2D eigenvalue weighted by Crippen LogP contribution is 2.25. The van der Waals surface area contributed by atoms with Gasteiger partial charge in [-0.25, -0.2) is 0 Å². The van der Waals surface area contributed by atoms with Crippen LogP contribution in [0.1, 0.15) is 11.1 Å². The molecule has 2 aromatic rings. The number of benzene rings is 2. The van der Waals surface area contributed by atoms with Crippen LogP contribution in [0, 0.1) is 6.92 Å². The standard InChI is InChI=1S/C19H22N2O/c1-16-15-18(22)7-8-19(16)21-13-11-20(12-14-21)10-9-17-5-3-2-4-6-17/h2-10,15,22H,11-14H2,1H3. The molecule has 22 heavy (non-hydrogen) atoms. The van der Waals surface area contributed by atoms with E-state index in [1.165, 1.54) is 11.3 Å². The Labute approximate surface area is 132 Å². The van der Waals surface area contributed by atoms with E-state index >= 15 is 0 Å². The molecule has 0 amide bonds. The minimum absolute atomic E-state index is 0.339. The van der Waals surface area contributed by atoms with Crippen LogP contribution in [0.3, 0.4) is 0 Å². The summed E-state index contributed by atoms with van der Waals surface area (Å²) in [6.45, 7) is 6.10. The lowest BCUT2D eigenvalue weighted by Gasteiger charge is -2.36. The smallest absolute Gasteiger partial charge is 0.115 e. The lowest BCUT2D eigenvalue weighted by atomic mass is 10.1. The molecule has 3 heteroatoms. The SMILES string of the molecule is Cc1cc(O)ccc1N1CCN(C=Cc2ccccc2)CC1. The van der Waals surface area contributed by atoms with Crippen LogP contribution in [-0.2, 0) is 0 Å². The molecule has 1 fully saturated rings. The van der Waals surface area contributed by atoms with Crippen LogP contribution < -0.4 is 4.90 Å². The molecular formula is C19H22N2O. The molecule has 3 rings (SSSR count). The zero-order chi connectivity index (χ0) is 15.4. The molecule has 1 aliphatic rings. The maximum absolute atomic E-state index is 9.52. The Bertz CT molecular complexity index is 644. The van der Waals surface area contributed by atoms with E-state index in [0.717, 1.165) is 31.7 Å². The first kappa shape index (κ1) is 14.5. The number of hydrogen-bond acceptors (Lipinski definition) is 3. The third-order valence-corrected chi connectivity index (χ3v) is 4.11. The van der Waals surface area contributed by atoms with Crippen LogP contribution in [0.2, 0.25) is 0 Å². The summed E-state index contributed by atoms with van der Waals surface area (Å²) in [6, 6.07) is 16.0. The van der Waals surface area contributed by atoms with Crippen molar-refractivity contribution in [1.82, 2.24) is 4.90 Å². The predicted molar refractivity (Wildman–Crippen MR) is 92.1 cm³/mol. The largest absolute Gasteiger partial charge is 0.508 e. The van der Waals surface area contributed by atoms with Crippen molar-refractivity contribution in [1.29, 1.82) is 0 Å². The highest BCUT2D eigenvalue weighted by molar-refractivity contribution is 5.56. The van der Waals surface area contributed by atoms with Gasteiger partial charge in [-0.15, -0.1) is 0 Å². The molecule has 3 nitrogen and oxygen atoms in total. The van der Waals surface area contributed by atoms with E-state index in [0.29, 0.717) is 5.75 Å². The zero-order valence-electron chi connectivity index (χ0n) is 12.9. The number of aromatic hydroxyl groups is 1. The lowest BCUT2D eigenvalue weighted by molar-refractivity contribution is 0.351. The van der Waals surface area contributed by atoms with E-state index in [1.54, 1.807) is 6.07 Å². The van der Waals surface area contributed by atoms with Crippen molar-refractivity contribution >= 4 is 11.8 Å². The fourth-order valence-electron chi connectivity index (χ4n) is 2.86. The van der Waals surface area contributed by atoms with Crippen molar-refractivity contribution < 1.29 is 5.11 Å². The van der Waals surface area contributed by atoms with Gasteiger partial charge in [-0.3, -0.25) is 0 Å². The number of phenolic OH excluding ortho intramolecular Hbond substituents is 1. The summed E-state index contributed by atoms with van der Waals surface area (Å²) in [5.41, 5.74) is 3.59. The summed E-state index contributed by atoms with van der Waals surface area (Å²) in [5, 5.41) is 9.52. The minimum Gasteiger partial charge on any atom is -0.508 e. The van der Waals surface area contributed by atoms with Gasteiger partial charge in [0, 0.05) is 31.9 Å². The second-order valence-corrected chi connectivity index (χ2v) is 5.72. The molecule has 1 aliphatic heterocycles. The topological polar surface area (TPSA) is 26.7 Å². The Hall–Kier alpha value is -2.42. The van der Waals surface area contributed by atoms with Crippen molar-refractivity contribution in [2.45, 2.75) is 6.92 Å². The quantitative estimate of drug-likeness (QED) is 0.938. The van der Waals surface area contributed by atoms with E-state index in [9.17, 15) is 5.11 Å². The van der Waals surface area contributed by atoms with Crippen molar-refractivity contribution in [2.75, 3.05) is 31.1 Å². The highest BCUT2D eigenvalue weighted by atomic mass is 16.3. The molecule has 114 valence electrons. The lowest BCUT2D eigenvalue weighted by Crippen LogP contribution is -2.44. The third kappa shape index (κ3) is 3.42. The molecule has 1 heterocycles. The van der Waals surface area contributed by atoms with Crippen LogP contribution in [0.25, 0.3) is 6.08 Å². The fourth-order valence-corrected chi connectivity index (χ4v) is 2.86. The number of hydrogen-bond donors (Lipinski definition) is 1. The van der Waals surface area contributed by atoms with E-state index in [1.807, 2.05) is 18.2 Å². The summed E-state index contributed by atoms with van der Waals surface area (Å²) in [7, 11) is 0. The molecule has 0 spiro atoms. The molecule has 1 saturated heterocycles. The number of nitrogens with zero attached hydrogens (tertiary/aromatic N) is 2. The first-order valence-electron chi connectivity index (χ1n) is 7.74. The highest BCUT2D eigenvalue weighted by Gasteiger charge is 2.16. The van der Waals surface area contributed by atoms with Crippen LogP contribution in [0.5, 0.6) is 5.75 Å². The number of rotatable bonds is 3. The monoisotopic (exact) mass is 294 g/mol. The molecule has 2 aromatic carbocycles. The maximum Gasteiger partial charge on any atom is 0.115 e. The Kier molecular flexibility index (Phi) is 4.33. The maximum atomic E-state index is 9.52. The Balaban J connectivity index is 1.59. The average Bonchev–Trinajstić information content (AvgIpc) is 2.55. The van der Waals surface area contributed by atoms with Crippen molar-refractivity contribution in [3.8, 4) is 5.75 Å². The van der Waals surface area contributed by atoms with Crippen LogP contribution in [0.15, 0.2) is 54.7 Å². The zero-order valence-corrected chi connectivity index (χ0v) is 12.9. The molecule has 0 aliphatic carbocycles. The second kappa shape index (κ2) is 6.56. The van der Waals surface area contributed by atoms with Gasteiger partial charge in [-0.2, -0.15) is 0 Å². The van der Waals surface area contributed by atoms with Crippen LogP contribution in [0.4, 0.5) is 5.69 Å². The van der Waals surface area contributed by atoms with Gasteiger partial charge in [-0.1, -0.05) is 30.3 Å². The normalized spacial score (nSPS) is 15.5. The third-order valence-electron chi connectivity index (χ3n) is 4.11. The molecular weight excluding hydrogens is 272 g/mol. The summed E-state index contributed by atoms with van der Waals surface area (Å²) in [4.78, 5) is 4.75. The summed E-state index contributed by atoms with van der Waals surface area (Å²) in [6.07, 6.45) is 4.36. The van der Waals surface area contributed by atoms with Gasteiger partial charge >= 0.3 is 0 Å². The van der Waals surface area contributed by atoms with Gasteiger partial charge < -0.3 is 14.9 Å². The summed E-state index contributed by atoms with van der Waals surface area (Å²) < 4.78 is 0. The van der Waals surface area contributed by atoms with E-state index in [4.69, 9.17) is 0 Å². The summed E-state index contributed by atoms with van der Waals surface area (Å²) >= 11 is 0. The first-order valence-corrected chi connectivity index (χ1v) is 7.74. The molecule has 0 radical (unpaired) electrons. The predicted octanol–water partition coefficient (Wildman–Crippen LogP) is 3.49. The van der Waals surface area contributed by atoms with Gasteiger partial charge in [-0.05, 0) is 48.5 Å². The van der Waals surface area contributed by atoms with Gasteiger partial charge in [0.25, 0.3) is 0 Å². The van der Waals surface area contributed by atoms with E-state index < -0.39 is 0 Å². The Morgan fingerprint density at radius 2 is 1.68 bits per heavy atom. The van der Waals surface area contributed by atoms with Crippen molar-refractivity contribution in [2.24, 2.45) is 0 Å². The second-order valence-electron chi connectivity index (χ2n) is 5.72. The molecule has 0 atom stereocenters. The average molecular weight is 294 g/mol. The first-order chi connectivity index (χ1) is 10.7. The van der Waals surface area contributed by atoms with E-state index in [-0.39, 0.29) is 0 Å². The van der Waals surface area contributed by atoms with Crippen molar-refractivity contribution in [3.05, 3.63) is 65.9 Å². The van der Waals surface area contributed by atoms with Gasteiger partial charge in [0.05, 0.1) is 0 Å². The van der Waals surface area contributed by atoms with Crippen LogP contribution in [-0.4, -0.2) is 36.2 Å². The van der Waals surface area contributed by atoms with Crippen molar-refractivity contribution in [3.63, 3.8) is 0 Å². The number of phenols is 1. The minimum atomic E-state index is 0.339. The molecule has 0 unspecified atom stereocenters. The van der Waals surface area contributed by atoms with Crippen LogP contribution >= 0.6 is 0 Å². The number of piperazine rings is 1. The number of anilines is 1. The molecule has 0 aromatic heterocycles. The van der Waals surface area contributed by atoms with Gasteiger partial charge in [0.15, 0.2) is 0 Å². The Morgan fingerprint density at radius 3 is 2.36 bits per heavy atom. The van der Waals surface area contributed by atoms with Gasteiger partial charge in [0.2, 0.25) is 0 Å². The fraction of sp³-hybridized carbons (Fsp3) is 0.263. The summed E-state index contributed by atoms with van der Waals surface area (Å²) in [5.74, 6) is 0.339. The Morgan fingerprint density at radius 1 is 0.955 bits per heavy atom. The van der Waals surface area contributed by atoms with E-state index in [2.05, 4.69) is 53.3 Å². The molecule has 0 saturated carbocycles. The van der Waals surface area contributed by atoms with Gasteiger partial charge in [0.1, 0.15) is 5.75 Å².